The molecule has 0 unspecified atom stereocenters. The molecular formula is C19H23BFN3O4S. The predicted octanol–water partition coefficient (Wildman–Crippen LogP) is 2.04. The Balaban J connectivity index is 1.51. The molecule has 0 spiro atoms. The monoisotopic (exact) mass is 419 g/mol. The molecule has 0 N–H and O–H groups in total. The molecule has 0 radical (unpaired) electrons. The molecule has 7 nitrogen and oxygen atoms in total. The van der Waals surface area contributed by atoms with Crippen LogP contribution in [0.15, 0.2) is 29.4 Å². The summed E-state index contributed by atoms with van der Waals surface area (Å²) in [7, 11) is -1.38. The lowest BCUT2D eigenvalue weighted by atomic mass is 10.0. The lowest BCUT2D eigenvalue weighted by Gasteiger charge is -2.29. The summed E-state index contributed by atoms with van der Waals surface area (Å²) in [5.74, 6) is -0.244. The van der Waals surface area contributed by atoms with Crippen molar-refractivity contribution >= 4 is 17.8 Å². The van der Waals surface area contributed by atoms with E-state index in [1.165, 1.54) is 18.5 Å². The Labute approximate surface area is 170 Å². The molecule has 2 aliphatic rings. The number of benzene rings is 1. The molecule has 1 aromatic carbocycles. The van der Waals surface area contributed by atoms with Crippen LogP contribution in [0.2, 0.25) is 0 Å². The van der Waals surface area contributed by atoms with Crippen LogP contribution in [0, 0.1) is 12.7 Å². The van der Waals surface area contributed by atoms with E-state index in [0.717, 1.165) is 32.0 Å². The molecule has 1 saturated heterocycles. The van der Waals surface area contributed by atoms with E-state index in [4.69, 9.17) is 9.47 Å². The number of sulfone groups is 1. The first-order valence-corrected chi connectivity index (χ1v) is 11.3. The van der Waals surface area contributed by atoms with Crippen molar-refractivity contribution in [2.24, 2.45) is 0 Å². The first-order valence-electron chi connectivity index (χ1n) is 9.72. The molecule has 10 heteroatoms. The molecule has 1 aliphatic carbocycles. The summed E-state index contributed by atoms with van der Waals surface area (Å²) in [6, 6.07) is 3.71. The van der Waals surface area contributed by atoms with Crippen molar-refractivity contribution in [2.75, 3.05) is 13.1 Å². The molecule has 1 saturated carbocycles. The van der Waals surface area contributed by atoms with E-state index < -0.39 is 20.9 Å². The van der Waals surface area contributed by atoms with Crippen LogP contribution in [0.25, 0.3) is 0 Å². The molecule has 0 amide bonds. The van der Waals surface area contributed by atoms with E-state index in [2.05, 4.69) is 22.8 Å². The molecule has 154 valence electrons. The van der Waals surface area contributed by atoms with E-state index in [0.29, 0.717) is 24.3 Å². The normalized spacial score (nSPS) is 18.6. The maximum atomic E-state index is 14.5. The molecular weight excluding hydrogens is 396 g/mol. The smallest absolute Gasteiger partial charge is 0.229 e. The molecule has 1 aromatic heterocycles. The minimum absolute atomic E-state index is 0.0180. The number of aromatic nitrogens is 2. The van der Waals surface area contributed by atoms with Gasteiger partial charge in [-0.3, -0.25) is 0 Å². The zero-order valence-corrected chi connectivity index (χ0v) is 17.3. The fraction of sp³-hybridized carbons (Fsp3) is 0.474. The summed E-state index contributed by atoms with van der Waals surface area (Å²) in [5, 5.41) is -0.392. The van der Waals surface area contributed by atoms with Gasteiger partial charge in [0, 0.05) is 0 Å². The van der Waals surface area contributed by atoms with Gasteiger partial charge in [-0.2, -0.15) is 0 Å². The fourth-order valence-electron chi connectivity index (χ4n) is 3.32. The van der Waals surface area contributed by atoms with Gasteiger partial charge in [-0.05, 0) is 63.9 Å². The number of hydrogen-bond donors (Lipinski definition) is 0. The van der Waals surface area contributed by atoms with Crippen molar-refractivity contribution < 1.29 is 22.3 Å². The summed E-state index contributed by atoms with van der Waals surface area (Å²) in [4.78, 5) is 10.5. The van der Waals surface area contributed by atoms with Gasteiger partial charge < -0.3 is 14.3 Å². The number of ether oxygens (including phenoxy) is 2. The third-order valence-electron chi connectivity index (χ3n) is 5.34. The number of rotatable bonds is 6. The van der Waals surface area contributed by atoms with E-state index >= 15 is 0 Å². The Morgan fingerprint density at radius 2 is 1.83 bits per heavy atom. The Kier molecular flexibility index (Phi) is 5.48. The van der Waals surface area contributed by atoms with E-state index in [1.807, 2.05) is 0 Å². The number of nitrogens with zero attached hydrogens (tertiary/aromatic N) is 3. The molecule has 1 aliphatic heterocycles. The number of piperidine rings is 1. The first-order chi connectivity index (χ1) is 13.8. The largest absolute Gasteiger partial charge is 0.474 e. The molecule has 4 rings (SSSR count). The van der Waals surface area contributed by atoms with Crippen molar-refractivity contribution in [3.8, 4) is 17.5 Å². The van der Waals surface area contributed by atoms with Gasteiger partial charge in [0.05, 0.1) is 15.7 Å². The summed E-state index contributed by atoms with van der Waals surface area (Å²) >= 11 is 0. The maximum absolute atomic E-state index is 14.5. The van der Waals surface area contributed by atoms with Crippen LogP contribution in [0.3, 0.4) is 0 Å². The van der Waals surface area contributed by atoms with Gasteiger partial charge >= 0.3 is 0 Å². The van der Waals surface area contributed by atoms with Crippen LogP contribution in [0.1, 0.15) is 31.2 Å². The molecule has 2 aromatic rings. The zero-order chi connectivity index (χ0) is 20.6. The molecule has 2 heterocycles. The minimum atomic E-state index is -3.46. The lowest BCUT2D eigenvalue weighted by Crippen LogP contribution is -2.36. The standard InChI is InChI=1S/C19H23BFN3O4S/c1-12-18(27-13-6-8-24(20)9-7-13)22-11-23-19(12)28-17-5-4-15(10-16(17)21)29(25,26)14-2-3-14/h4-5,10-11,13-14H,2-3,6-9,20H2,1H3. The van der Waals surface area contributed by atoms with Crippen LogP contribution < -0.4 is 9.47 Å². The molecule has 0 atom stereocenters. The number of halogens is 1. The Morgan fingerprint density at radius 1 is 1.14 bits per heavy atom. The van der Waals surface area contributed by atoms with Gasteiger partial charge in [0.1, 0.15) is 12.4 Å². The minimum Gasteiger partial charge on any atom is -0.474 e. The van der Waals surface area contributed by atoms with Gasteiger partial charge in [0.2, 0.25) is 11.8 Å². The van der Waals surface area contributed by atoms with Gasteiger partial charge in [-0.15, -0.1) is 0 Å². The Morgan fingerprint density at radius 3 is 2.48 bits per heavy atom. The van der Waals surface area contributed by atoms with Crippen molar-refractivity contribution in [1.29, 1.82) is 0 Å². The van der Waals surface area contributed by atoms with Gasteiger partial charge in [0.25, 0.3) is 0 Å². The predicted molar refractivity (Wildman–Crippen MR) is 107 cm³/mol. The lowest BCUT2D eigenvalue weighted by molar-refractivity contribution is 0.129. The van der Waals surface area contributed by atoms with Crippen LogP contribution >= 0.6 is 0 Å². The fourth-order valence-corrected chi connectivity index (χ4v) is 4.98. The average molecular weight is 419 g/mol. The Bertz CT molecular complexity index is 1010. The summed E-state index contributed by atoms with van der Waals surface area (Å²) in [5.41, 5.74) is 0.570. The SMILES string of the molecule is BN1CCC(Oc2ncnc(Oc3ccc(S(=O)(=O)C4CC4)cc3F)c2C)CC1. The topological polar surface area (TPSA) is 81.6 Å². The van der Waals surface area contributed by atoms with E-state index in [1.54, 1.807) is 6.92 Å². The second kappa shape index (κ2) is 7.91. The molecule has 29 heavy (non-hydrogen) atoms. The van der Waals surface area contributed by atoms with Crippen LogP contribution in [-0.2, 0) is 9.84 Å². The van der Waals surface area contributed by atoms with Crippen LogP contribution in [-0.4, -0.2) is 55.6 Å². The zero-order valence-electron chi connectivity index (χ0n) is 16.5. The highest BCUT2D eigenvalue weighted by molar-refractivity contribution is 7.92. The third-order valence-corrected chi connectivity index (χ3v) is 7.60. The highest BCUT2D eigenvalue weighted by atomic mass is 32.2. The van der Waals surface area contributed by atoms with Crippen molar-refractivity contribution in [1.82, 2.24) is 14.8 Å². The van der Waals surface area contributed by atoms with Crippen molar-refractivity contribution in [2.45, 2.75) is 48.9 Å². The maximum Gasteiger partial charge on any atom is 0.229 e. The van der Waals surface area contributed by atoms with E-state index in [-0.39, 0.29) is 22.6 Å². The third kappa shape index (κ3) is 4.38. The Hall–Kier alpha value is -2.20. The molecule has 0 bridgehead atoms. The van der Waals surface area contributed by atoms with Gasteiger partial charge in [0.15, 0.2) is 29.4 Å². The van der Waals surface area contributed by atoms with Crippen molar-refractivity contribution in [3.63, 3.8) is 0 Å². The van der Waals surface area contributed by atoms with Gasteiger partial charge in [-0.25, -0.2) is 22.8 Å². The highest BCUT2D eigenvalue weighted by Gasteiger charge is 2.37. The highest BCUT2D eigenvalue weighted by Crippen LogP contribution is 2.36. The van der Waals surface area contributed by atoms with Crippen molar-refractivity contribution in [3.05, 3.63) is 35.9 Å². The quantitative estimate of drug-likeness (QED) is 0.663. The summed E-state index contributed by atoms with van der Waals surface area (Å²) in [6.45, 7) is 3.67. The average Bonchev–Trinajstić information content (AvgIpc) is 3.54. The van der Waals surface area contributed by atoms with Gasteiger partial charge in [-0.1, -0.05) is 0 Å². The number of hydrogen-bond acceptors (Lipinski definition) is 7. The second-order valence-corrected chi connectivity index (χ2v) is 9.90. The molecule has 2 fully saturated rings. The summed E-state index contributed by atoms with van der Waals surface area (Å²) in [6.07, 6.45) is 4.45. The van der Waals surface area contributed by atoms with E-state index in [9.17, 15) is 12.8 Å². The first kappa shape index (κ1) is 20.1. The second-order valence-electron chi connectivity index (χ2n) is 7.67. The van der Waals surface area contributed by atoms with Crippen LogP contribution in [0.5, 0.6) is 17.5 Å². The van der Waals surface area contributed by atoms with Crippen LogP contribution in [0.4, 0.5) is 4.39 Å². The summed E-state index contributed by atoms with van der Waals surface area (Å²) < 4.78 is 50.7.